The number of amides is 1. The van der Waals surface area contributed by atoms with Crippen LogP contribution in [-0.4, -0.2) is 22.2 Å². The van der Waals surface area contributed by atoms with Gasteiger partial charge in [0.1, 0.15) is 11.6 Å². The molecule has 2 aromatic heterocycles. The first kappa shape index (κ1) is 15.6. The third kappa shape index (κ3) is 3.47. The van der Waals surface area contributed by atoms with E-state index in [-0.39, 0.29) is 23.6 Å². The van der Waals surface area contributed by atoms with Gasteiger partial charge in [0.15, 0.2) is 0 Å². The zero-order chi connectivity index (χ0) is 17.2. The highest BCUT2D eigenvalue weighted by Gasteiger charge is 2.45. The molecule has 25 heavy (non-hydrogen) atoms. The van der Waals surface area contributed by atoms with E-state index in [0.717, 1.165) is 23.6 Å². The van der Waals surface area contributed by atoms with Gasteiger partial charge in [0.05, 0.1) is 17.6 Å². The lowest BCUT2D eigenvalue weighted by atomic mass is 10.2. The SMILES string of the molecule is O=C(NCCc1ccn(-c2ccc(F)cc2)n1)[C@@H]1C[C@H]1c1ccco1. The van der Waals surface area contributed by atoms with Crippen LogP contribution in [0.15, 0.2) is 59.3 Å². The maximum Gasteiger partial charge on any atom is 0.223 e. The average molecular weight is 339 g/mol. The van der Waals surface area contributed by atoms with Crippen molar-refractivity contribution in [3.05, 3.63) is 72.2 Å². The van der Waals surface area contributed by atoms with Gasteiger partial charge in [0, 0.05) is 31.0 Å². The third-order valence-electron chi connectivity index (χ3n) is 4.45. The van der Waals surface area contributed by atoms with Crippen molar-refractivity contribution in [2.24, 2.45) is 5.92 Å². The minimum atomic E-state index is -0.272. The summed E-state index contributed by atoms with van der Waals surface area (Å²) in [5.74, 6) is 0.917. The fourth-order valence-electron chi connectivity index (χ4n) is 2.98. The molecule has 1 fully saturated rings. The molecule has 0 aliphatic heterocycles. The molecule has 0 unspecified atom stereocenters. The van der Waals surface area contributed by atoms with E-state index in [1.54, 1.807) is 23.1 Å². The van der Waals surface area contributed by atoms with Gasteiger partial charge >= 0.3 is 0 Å². The second-order valence-electron chi connectivity index (χ2n) is 6.23. The number of benzene rings is 1. The van der Waals surface area contributed by atoms with Gasteiger partial charge in [0.25, 0.3) is 0 Å². The van der Waals surface area contributed by atoms with Crippen LogP contribution in [0.4, 0.5) is 4.39 Å². The average Bonchev–Trinajstić information content (AvgIpc) is 3.02. The Kier molecular flexibility index (Phi) is 4.09. The van der Waals surface area contributed by atoms with Crippen LogP contribution < -0.4 is 5.32 Å². The molecule has 1 saturated carbocycles. The molecular weight excluding hydrogens is 321 g/mol. The van der Waals surface area contributed by atoms with Crippen LogP contribution in [0.3, 0.4) is 0 Å². The summed E-state index contributed by atoms with van der Waals surface area (Å²) in [6, 6.07) is 11.8. The summed E-state index contributed by atoms with van der Waals surface area (Å²) in [6.07, 6.45) is 4.97. The molecule has 6 heteroatoms. The van der Waals surface area contributed by atoms with Gasteiger partial charge in [-0.2, -0.15) is 5.10 Å². The smallest absolute Gasteiger partial charge is 0.223 e. The number of furan rings is 1. The Hall–Kier alpha value is -2.89. The van der Waals surface area contributed by atoms with Crippen molar-refractivity contribution in [1.82, 2.24) is 15.1 Å². The van der Waals surface area contributed by atoms with Gasteiger partial charge in [-0.3, -0.25) is 4.79 Å². The molecule has 3 aromatic rings. The Balaban J connectivity index is 1.27. The number of nitrogens with zero attached hydrogens (tertiary/aromatic N) is 2. The number of halogens is 1. The van der Waals surface area contributed by atoms with Gasteiger partial charge in [-0.25, -0.2) is 9.07 Å². The zero-order valence-electron chi connectivity index (χ0n) is 13.6. The van der Waals surface area contributed by atoms with Crippen molar-refractivity contribution in [2.75, 3.05) is 6.54 Å². The van der Waals surface area contributed by atoms with Crippen molar-refractivity contribution in [1.29, 1.82) is 0 Å². The summed E-state index contributed by atoms with van der Waals surface area (Å²) < 4.78 is 20.0. The van der Waals surface area contributed by atoms with Crippen LogP contribution in [0, 0.1) is 11.7 Å². The molecule has 128 valence electrons. The van der Waals surface area contributed by atoms with Crippen molar-refractivity contribution >= 4 is 5.91 Å². The molecule has 0 radical (unpaired) electrons. The number of hydrogen-bond acceptors (Lipinski definition) is 3. The summed E-state index contributed by atoms with van der Waals surface area (Å²) in [5, 5.41) is 7.41. The molecular formula is C19H18FN3O2. The molecule has 5 nitrogen and oxygen atoms in total. The number of rotatable bonds is 6. The highest BCUT2D eigenvalue weighted by molar-refractivity contribution is 5.82. The predicted molar refractivity (Wildman–Crippen MR) is 89.8 cm³/mol. The quantitative estimate of drug-likeness (QED) is 0.751. The fraction of sp³-hybridized carbons (Fsp3) is 0.263. The third-order valence-corrected chi connectivity index (χ3v) is 4.45. The zero-order valence-corrected chi connectivity index (χ0v) is 13.6. The highest BCUT2D eigenvalue weighted by Crippen LogP contribution is 2.47. The molecule has 4 rings (SSSR count). The van der Waals surface area contributed by atoms with Crippen LogP contribution in [-0.2, 0) is 11.2 Å². The summed E-state index contributed by atoms with van der Waals surface area (Å²) >= 11 is 0. The maximum absolute atomic E-state index is 13.0. The first-order valence-corrected chi connectivity index (χ1v) is 8.32. The van der Waals surface area contributed by atoms with Crippen LogP contribution in [0.25, 0.3) is 5.69 Å². The summed E-state index contributed by atoms with van der Waals surface area (Å²) in [6.45, 7) is 0.542. The molecule has 2 atom stereocenters. The van der Waals surface area contributed by atoms with Crippen LogP contribution in [0.2, 0.25) is 0 Å². The van der Waals surface area contributed by atoms with E-state index in [0.29, 0.717) is 13.0 Å². The lowest BCUT2D eigenvalue weighted by Gasteiger charge is -2.03. The molecule has 1 amide bonds. The number of carbonyl (C=O) groups excluding carboxylic acids is 1. The van der Waals surface area contributed by atoms with E-state index in [2.05, 4.69) is 10.4 Å². The van der Waals surface area contributed by atoms with Crippen LogP contribution in [0.5, 0.6) is 0 Å². The van der Waals surface area contributed by atoms with E-state index in [1.165, 1.54) is 12.1 Å². The van der Waals surface area contributed by atoms with Gasteiger partial charge in [-0.15, -0.1) is 0 Å². The normalized spacial score (nSPS) is 18.9. The Morgan fingerprint density at radius 3 is 2.88 bits per heavy atom. The van der Waals surface area contributed by atoms with Crippen molar-refractivity contribution in [2.45, 2.75) is 18.8 Å². The molecule has 1 N–H and O–H groups in total. The lowest BCUT2D eigenvalue weighted by Crippen LogP contribution is -2.27. The topological polar surface area (TPSA) is 60.1 Å². The standard InChI is InChI=1S/C19H18FN3O2/c20-13-3-5-15(6-4-13)23-10-8-14(22-23)7-9-21-19(24)17-12-16(17)18-2-1-11-25-18/h1-6,8,10-11,16-17H,7,9,12H2,(H,21,24)/t16-,17-/m1/s1. The molecule has 1 aliphatic rings. The largest absolute Gasteiger partial charge is 0.469 e. The molecule has 1 aliphatic carbocycles. The number of carbonyl (C=O) groups is 1. The summed E-state index contributed by atoms with van der Waals surface area (Å²) in [7, 11) is 0. The first-order chi connectivity index (χ1) is 12.2. The number of hydrogen-bond donors (Lipinski definition) is 1. The van der Waals surface area contributed by atoms with Gasteiger partial charge in [0.2, 0.25) is 5.91 Å². The fourth-order valence-corrected chi connectivity index (χ4v) is 2.98. The van der Waals surface area contributed by atoms with Crippen LogP contribution in [0.1, 0.15) is 23.8 Å². The Morgan fingerprint density at radius 2 is 2.12 bits per heavy atom. The monoisotopic (exact) mass is 339 g/mol. The number of aromatic nitrogens is 2. The summed E-state index contributed by atoms with van der Waals surface area (Å²) in [5.41, 5.74) is 1.68. The summed E-state index contributed by atoms with van der Waals surface area (Å²) in [4.78, 5) is 12.1. The molecule has 0 spiro atoms. The molecule has 0 bridgehead atoms. The second-order valence-corrected chi connectivity index (χ2v) is 6.23. The van der Waals surface area contributed by atoms with E-state index in [1.807, 2.05) is 24.4 Å². The molecule has 1 aromatic carbocycles. The Labute approximate surface area is 144 Å². The minimum absolute atomic E-state index is 0.0166. The molecule has 0 saturated heterocycles. The van der Waals surface area contributed by atoms with E-state index >= 15 is 0 Å². The minimum Gasteiger partial charge on any atom is -0.469 e. The van der Waals surface area contributed by atoms with Crippen molar-refractivity contribution < 1.29 is 13.6 Å². The number of nitrogens with one attached hydrogen (secondary N) is 1. The van der Waals surface area contributed by atoms with Gasteiger partial charge in [-0.1, -0.05) is 0 Å². The first-order valence-electron chi connectivity index (χ1n) is 8.32. The Bertz CT molecular complexity index is 855. The van der Waals surface area contributed by atoms with E-state index in [4.69, 9.17) is 4.42 Å². The van der Waals surface area contributed by atoms with Crippen molar-refractivity contribution in [3.63, 3.8) is 0 Å². The molecule has 2 heterocycles. The maximum atomic E-state index is 13.0. The highest BCUT2D eigenvalue weighted by atomic mass is 19.1. The van der Waals surface area contributed by atoms with E-state index in [9.17, 15) is 9.18 Å². The second kappa shape index (κ2) is 6.55. The van der Waals surface area contributed by atoms with Gasteiger partial charge in [-0.05, 0) is 48.9 Å². The van der Waals surface area contributed by atoms with Gasteiger partial charge < -0.3 is 9.73 Å². The van der Waals surface area contributed by atoms with Crippen molar-refractivity contribution in [3.8, 4) is 5.69 Å². The van der Waals surface area contributed by atoms with E-state index < -0.39 is 0 Å². The van der Waals surface area contributed by atoms with Crippen LogP contribution >= 0.6 is 0 Å². The Morgan fingerprint density at radius 1 is 1.28 bits per heavy atom. The predicted octanol–water partition coefficient (Wildman–Crippen LogP) is 3.07. The lowest BCUT2D eigenvalue weighted by molar-refractivity contribution is -0.122.